The SMILES string of the molecule is COC(=O)/C=C/CC/C=C\CCCC/C=C(\C)[N+](=O)[O-]. The van der Waals surface area contributed by atoms with Gasteiger partial charge in [0, 0.05) is 13.0 Å². The molecule has 0 amide bonds. The van der Waals surface area contributed by atoms with Crippen molar-refractivity contribution >= 4 is 5.97 Å². The van der Waals surface area contributed by atoms with Gasteiger partial charge in [-0.15, -0.1) is 0 Å². The summed E-state index contributed by atoms with van der Waals surface area (Å²) < 4.78 is 4.47. The number of esters is 1. The van der Waals surface area contributed by atoms with Crippen LogP contribution < -0.4 is 0 Å². The number of hydrogen-bond acceptors (Lipinski definition) is 4. The molecular formula is C15H23NO4. The van der Waals surface area contributed by atoms with Crippen LogP contribution in [0.3, 0.4) is 0 Å². The Hall–Kier alpha value is -1.91. The average Bonchev–Trinajstić information content (AvgIpc) is 2.43. The van der Waals surface area contributed by atoms with Crippen molar-refractivity contribution in [1.82, 2.24) is 0 Å². The number of methoxy groups -OCH3 is 1. The number of carbonyl (C=O) groups is 1. The fourth-order valence-electron chi connectivity index (χ4n) is 1.47. The van der Waals surface area contributed by atoms with Crippen LogP contribution in [-0.2, 0) is 9.53 Å². The first-order valence-corrected chi connectivity index (χ1v) is 6.78. The molecule has 0 fully saturated rings. The number of hydrogen-bond donors (Lipinski definition) is 0. The summed E-state index contributed by atoms with van der Waals surface area (Å²) >= 11 is 0. The Bertz CT molecular complexity index is 383. The lowest BCUT2D eigenvalue weighted by Gasteiger charge is -1.94. The second kappa shape index (κ2) is 12.1. The molecule has 20 heavy (non-hydrogen) atoms. The Morgan fingerprint density at radius 2 is 1.70 bits per heavy atom. The minimum Gasteiger partial charge on any atom is -0.466 e. The molecule has 0 aromatic rings. The van der Waals surface area contributed by atoms with Crippen LogP contribution >= 0.6 is 0 Å². The van der Waals surface area contributed by atoms with E-state index in [0.29, 0.717) is 0 Å². The Kier molecular flexibility index (Phi) is 11.0. The van der Waals surface area contributed by atoms with E-state index in [9.17, 15) is 14.9 Å². The summed E-state index contributed by atoms with van der Waals surface area (Å²) in [5.74, 6) is -0.327. The lowest BCUT2D eigenvalue weighted by atomic mass is 10.1. The van der Waals surface area contributed by atoms with Gasteiger partial charge in [-0.05, 0) is 44.6 Å². The van der Waals surface area contributed by atoms with Crippen molar-refractivity contribution in [2.45, 2.75) is 45.4 Å². The van der Waals surface area contributed by atoms with E-state index < -0.39 is 0 Å². The molecule has 0 rings (SSSR count). The first-order chi connectivity index (χ1) is 9.57. The molecule has 0 bridgehead atoms. The minimum absolute atomic E-state index is 0.220. The van der Waals surface area contributed by atoms with Crippen LogP contribution in [0.4, 0.5) is 0 Å². The van der Waals surface area contributed by atoms with Crippen LogP contribution in [0.1, 0.15) is 45.4 Å². The van der Waals surface area contributed by atoms with E-state index in [1.54, 1.807) is 12.2 Å². The van der Waals surface area contributed by atoms with E-state index in [1.165, 1.54) is 20.1 Å². The lowest BCUT2D eigenvalue weighted by Crippen LogP contribution is -1.93. The molecule has 0 atom stereocenters. The first-order valence-electron chi connectivity index (χ1n) is 6.78. The number of nitro groups is 1. The molecular weight excluding hydrogens is 258 g/mol. The molecule has 0 saturated heterocycles. The van der Waals surface area contributed by atoms with Gasteiger partial charge in [0.15, 0.2) is 0 Å². The monoisotopic (exact) mass is 281 g/mol. The highest BCUT2D eigenvalue weighted by molar-refractivity contribution is 5.81. The number of ether oxygens (including phenoxy) is 1. The summed E-state index contributed by atoms with van der Waals surface area (Å²) in [6, 6.07) is 0. The molecule has 0 N–H and O–H groups in total. The van der Waals surface area contributed by atoms with Crippen LogP contribution in [0, 0.1) is 10.1 Å². The number of unbranched alkanes of at least 4 members (excludes halogenated alkanes) is 4. The molecule has 5 heteroatoms. The van der Waals surface area contributed by atoms with Crippen molar-refractivity contribution < 1.29 is 14.5 Å². The van der Waals surface area contributed by atoms with Crippen LogP contribution in [-0.4, -0.2) is 18.0 Å². The molecule has 0 spiro atoms. The molecule has 0 aliphatic rings. The van der Waals surface area contributed by atoms with Crippen molar-refractivity contribution in [1.29, 1.82) is 0 Å². The molecule has 5 nitrogen and oxygen atoms in total. The summed E-state index contributed by atoms with van der Waals surface area (Å²) in [7, 11) is 1.36. The van der Waals surface area contributed by atoms with Gasteiger partial charge >= 0.3 is 5.97 Å². The van der Waals surface area contributed by atoms with Crippen LogP contribution in [0.25, 0.3) is 0 Å². The summed E-state index contributed by atoms with van der Waals surface area (Å²) in [5, 5.41) is 10.3. The van der Waals surface area contributed by atoms with E-state index in [0.717, 1.165) is 38.5 Å². The van der Waals surface area contributed by atoms with Crippen molar-refractivity contribution in [2.24, 2.45) is 0 Å². The molecule has 0 heterocycles. The summed E-state index contributed by atoms with van der Waals surface area (Å²) in [5.41, 5.74) is 0.220. The van der Waals surface area contributed by atoms with Crippen molar-refractivity contribution in [3.05, 3.63) is 46.2 Å². The number of allylic oxidation sites excluding steroid dienone is 5. The van der Waals surface area contributed by atoms with E-state index >= 15 is 0 Å². The van der Waals surface area contributed by atoms with Gasteiger partial charge in [-0.2, -0.15) is 0 Å². The van der Waals surface area contributed by atoms with E-state index in [2.05, 4.69) is 16.9 Å². The molecule has 0 saturated carbocycles. The Labute approximate surface area is 120 Å². The third-order valence-electron chi connectivity index (χ3n) is 2.67. The molecule has 0 aromatic carbocycles. The highest BCUT2D eigenvalue weighted by atomic mass is 16.6. The average molecular weight is 281 g/mol. The fourth-order valence-corrected chi connectivity index (χ4v) is 1.47. The zero-order valence-corrected chi connectivity index (χ0v) is 12.2. The zero-order valence-electron chi connectivity index (χ0n) is 12.2. The standard InChI is InChI=1S/C15H23NO4/c1-14(16(18)19)12-10-8-6-4-3-5-7-9-11-13-15(17)20-2/h3,5,11-13H,4,6-10H2,1-2H3/b5-3-,13-11+,14-12+. The molecule has 0 radical (unpaired) electrons. The maximum atomic E-state index is 10.8. The summed E-state index contributed by atoms with van der Waals surface area (Å²) in [6.45, 7) is 1.52. The smallest absolute Gasteiger partial charge is 0.330 e. The summed E-state index contributed by atoms with van der Waals surface area (Å²) in [4.78, 5) is 20.7. The Balaban J connectivity index is 3.50. The maximum absolute atomic E-state index is 10.8. The zero-order chi connectivity index (χ0) is 15.2. The molecule has 0 aliphatic carbocycles. The van der Waals surface area contributed by atoms with Gasteiger partial charge < -0.3 is 4.74 Å². The number of carbonyl (C=O) groups excluding carboxylic acids is 1. The molecule has 0 unspecified atom stereocenters. The van der Waals surface area contributed by atoms with Crippen LogP contribution in [0.2, 0.25) is 0 Å². The van der Waals surface area contributed by atoms with Gasteiger partial charge in [0.2, 0.25) is 5.70 Å². The highest BCUT2D eigenvalue weighted by Gasteiger charge is 1.99. The van der Waals surface area contributed by atoms with Gasteiger partial charge in [-0.1, -0.05) is 18.2 Å². The second-order valence-corrected chi connectivity index (χ2v) is 4.36. The van der Waals surface area contributed by atoms with Gasteiger partial charge in [0.25, 0.3) is 0 Å². The largest absolute Gasteiger partial charge is 0.466 e. The lowest BCUT2D eigenvalue weighted by molar-refractivity contribution is -0.424. The van der Waals surface area contributed by atoms with Gasteiger partial charge in [0.1, 0.15) is 0 Å². The number of nitrogens with zero attached hydrogens (tertiary/aromatic N) is 1. The third kappa shape index (κ3) is 11.2. The summed E-state index contributed by atoms with van der Waals surface area (Å²) in [6.07, 6.45) is 14.5. The van der Waals surface area contributed by atoms with Gasteiger partial charge in [-0.25, -0.2) is 4.79 Å². The van der Waals surface area contributed by atoms with Gasteiger partial charge in [-0.3, -0.25) is 10.1 Å². The fraction of sp³-hybridized carbons (Fsp3) is 0.533. The predicted molar refractivity (Wildman–Crippen MR) is 78.7 cm³/mol. The molecule has 0 aromatic heterocycles. The van der Waals surface area contributed by atoms with E-state index in [-0.39, 0.29) is 16.6 Å². The normalized spacial score (nSPS) is 12.2. The van der Waals surface area contributed by atoms with Crippen LogP contribution in [0.5, 0.6) is 0 Å². The van der Waals surface area contributed by atoms with Crippen LogP contribution in [0.15, 0.2) is 36.1 Å². The van der Waals surface area contributed by atoms with E-state index in [1.807, 2.05) is 0 Å². The van der Waals surface area contributed by atoms with Crippen molar-refractivity contribution in [3.8, 4) is 0 Å². The maximum Gasteiger partial charge on any atom is 0.330 e. The second-order valence-electron chi connectivity index (χ2n) is 4.36. The quantitative estimate of drug-likeness (QED) is 0.152. The Morgan fingerprint density at radius 1 is 1.10 bits per heavy atom. The molecule has 0 aliphatic heterocycles. The third-order valence-corrected chi connectivity index (χ3v) is 2.67. The topological polar surface area (TPSA) is 69.4 Å². The van der Waals surface area contributed by atoms with Gasteiger partial charge in [0.05, 0.1) is 12.0 Å². The number of rotatable bonds is 10. The van der Waals surface area contributed by atoms with Crippen molar-refractivity contribution in [2.75, 3.05) is 7.11 Å². The van der Waals surface area contributed by atoms with Crippen molar-refractivity contribution in [3.63, 3.8) is 0 Å². The predicted octanol–water partition coefficient (Wildman–Crippen LogP) is 3.79. The molecule has 112 valence electrons. The first kappa shape index (κ1) is 18.1. The van der Waals surface area contributed by atoms with E-state index in [4.69, 9.17) is 0 Å². The minimum atomic E-state index is -0.359. The highest BCUT2D eigenvalue weighted by Crippen LogP contribution is 2.05. The Morgan fingerprint density at radius 3 is 2.35 bits per heavy atom.